The maximum atomic E-state index is 12.6. The van der Waals surface area contributed by atoms with E-state index in [2.05, 4.69) is 5.32 Å². The molecule has 1 unspecified atom stereocenters. The summed E-state index contributed by atoms with van der Waals surface area (Å²) in [5.74, 6) is 1.16. The van der Waals surface area contributed by atoms with Crippen LogP contribution < -0.4 is 24.8 Å². The van der Waals surface area contributed by atoms with Gasteiger partial charge in [0.25, 0.3) is 5.91 Å². The molecule has 0 aromatic heterocycles. The molecule has 0 fully saturated rings. The van der Waals surface area contributed by atoms with Gasteiger partial charge in [-0.3, -0.25) is 4.79 Å². The molecule has 29 heavy (non-hydrogen) atoms. The lowest BCUT2D eigenvalue weighted by Crippen LogP contribution is -3.12. The second-order valence-corrected chi connectivity index (χ2v) is 8.28. The van der Waals surface area contributed by atoms with Crippen molar-refractivity contribution in [3.8, 4) is 11.5 Å². The smallest absolute Gasteiger partial charge is 0.282 e. The van der Waals surface area contributed by atoms with Gasteiger partial charge in [0.2, 0.25) is 10.0 Å². The van der Waals surface area contributed by atoms with E-state index in [-0.39, 0.29) is 16.8 Å². The summed E-state index contributed by atoms with van der Waals surface area (Å²) in [4.78, 5) is 13.5. The van der Waals surface area contributed by atoms with Crippen LogP contribution >= 0.6 is 0 Å². The van der Waals surface area contributed by atoms with Crippen molar-refractivity contribution >= 4 is 21.6 Å². The molecule has 2 aromatic rings. The molecule has 4 N–H and O–H groups in total. The van der Waals surface area contributed by atoms with Gasteiger partial charge in [0.05, 0.1) is 25.7 Å². The molecule has 2 atom stereocenters. The Labute approximate surface area is 171 Å². The van der Waals surface area contributed by atoms with Crippen molar-refractivity contribution in [1.29, 1.82) is 0 Å². The molecular formula is C20H28N3O5S+. The molecule has 0 radical (unpaired) electrons. The Morgan fingerprint density at radius 2 is 1.83 bits per heavy atom. The largest absolute Gasteiger partial charge is 0.493 e. The van der Waals surface area contributed by atoms with E-state index in [0.29, 0.717) is 30.3 Å². The fraction of sp³-hybridized carbons (Fsp3) is 0.350. The van der Waals surface area contributed by atoms with Crippen LogP contribution in [0.2, 0.25) is 0 Å². The minimum Gasteiger partial charge on any atom is -0.493 e. The van der Waals surface area contributed by atoms with Crippen molar-refractivity contribution in [3.05, 3.63) is 48.0 Å². The van der Waals surface area contributed by atoms with Gasteiger partial charge in [-0.1, -0.05) is 0 Å². The second-order valence-electron chi connectivity index (χ2n) is 6.72. The van der Waals surface area contributed by atoms with Crippen LogP contribution in [0.1, 0.15) is 19.4 Å². The van der Waals surface area contributed by atoms with Crippen LogP contribution in [0.4, 0.5) is 5.69 Å². The predicted octanol–water partition coefficient (Wildman–Crippen LogP) is 0.783. The summed E-state index contributed by atoms with van der Waals surface area (Å²) in [7, 11) is -0.241. The molecule has 9 heteroatoms. The number of sulfonamides is 1. The summed E-state index contributed by atoms with van der Waals surface area (Å²) in [6, 6.07) is 11.1. The van der Waals surface area contributed by atoms with E-state index < -0.39 is 10.0 Å². The standard InChI is InChI=1S/C20H27N3O5S/c1-5-28-18-11-6-15(12-19(18)27-4)13-23(3)14(2)20(24)22-16-7-9-17(10-8-16)29(21,25)26/h6-12,14H,5,13H2,1-4H3,(H,22,24)(H2,21,25,26)/p+1/t14-/m1/s1. The molecule has 0 aliphatic carbocycles. The van der Waals surface area contributed by atoms with E-state index in [0.717, 1.165) is 10.5 Å². The number of likely N-dealkylation sites (N-methyl/N-ethyl adjacent to an activating group) is 1. The second kappa shape index (κ2) is 9.73. The summed E-state index contributed by atoms with van der Waals surface area (Å²) in [6.07, 6.45) is 0. The van der Waals surface area contributed by atoms with E-state index in [1.807, 2.05) is 39.1 Å². The Kier molecular flexibility index (Phi) is 7.60. The molecule has 0 saturated carbocycles. The predicted molar refractivity (Wildman–Crippen MR) is 111 cm³/mol. The highest BCUT2D eigenvalue weighted by Gasteiger charge is 2.22. The fourth-order valence-corrected chi connectivity index (χ4v) is 3.29. The zero-order valence-electron chi connectivity index (χ0n) is 17.1. The maximum Gasteiger partial charge on any atom is 0.282 e. The van der Waals surface area contributed by atoms with E-state index in [1.54, 1.807) is 7.11 Å². The minimum atomic E-state index is -3.76. The van der Waals surface area contributed by atoms with Crippen molar-refractivity contribution in [2.24, 2.45) is 5.14 Å². The highest BCUT2D eigenvalue weighted by Crippen LogP contribution is 2.27. The lowest BCUT2D eigenvalue weighted by Gasteiger charge is -2.21. The molecule has 2 aromatic carbocycles. The van der Waals surface area contributed by atoms with Crippen molar-refractivity contribution in [2.75, 3.05) is 26.1 Å². The van der Waals surface area contributed by atoms with Crippen molar-refractivity contribution in [1.82, 2.24) is 0 Å². The monoisotopic (exact) mass is 422 g/mol. The van der Waals surface area contributed by atoms with Crippen molar-refractivity contribution in [3.63, 3.8) is 0 Å². The average molecular weight is 423 g/mol. The lowest BCUT2D eigenvalue weighted by molar-refractivity contribution is -0.907. The van der Waals surface area contributed by atoms with Gasteiger partial charge in [0, 0.05) is 11.3 Å². The molecule has 0 spiro atoms. The number of quaternary nitrogens is 1. The summed E-state index contributed by atoms with van der Waals surface area (Å²) < 4.78 is 33.5. The molecule has 0 saturated heterocycles. The van der Waals surface area contributed by atoms with E-state index in [1.165, 1.54) is 24.3 Å². The molecule has 0 heterocycles. The van der Waals surface area contributed by atoms with Crippen LogP contribution in [0.3, 0.4) is 0 Å². The Bertz CT molecular complexity index is 945. The number of nitrogens with one attached hydrogen (secondary N) is 2. The first-order valence-corrected chi connectivity index (χ1v) is 10.8. The van der Waals surface area contributed by atoms with Crippen LogP contribution in [-0.2, 0) is 21.4 Å². The van der Waals surface area contributed by atoms with Gasteiger partial charge >= 0.3 is 0 Å². The quantitative estimate of drug-likeness (QED) is 0.553. The SMILES string of the molecule is CCOc1ccc(C[NH+](C)[C@H](C)C(=O)Nc2ccc(S(N)(=O)=O)cc2)cc1OC. The topological polar surface area (TPSA) is 112 Å². The third-order valence-corrected chi connectivity index (χ3v) is 5.52. The van der Waals surface area contributed by atoms with E-state index in [9.17, 15) is 13.2 Å². The third-order valence-electron chi connectivity index (χ3n) is 4.59. The number of methoxy groups -OCH3 is 1. The Morgan fingerprint density at radius 1 is 1.17 bits per heavy atom. The number of hydrogen-bond donors (Lipinski definition) is 3. The molecule has 158 valence electrons. The van der Waals surface area contributed by atoms with Gasteiger partial charge in [-0.2, -0.15) is 0 Å². The molecule has 0 aliphatic heterocycles. The number of ether oxygens (including phenoxy) is 2. The molecule has 8 nitrogen and oxygen atoms in total. The highest BCUT2D eigenvalue weighted by atomic mass is 32.2. The molecular weight excluding hydrogens is 394 g/mol. The summed E-state index contributed by atoms with van der Waals surface area (Å²) >= 11 is 0. The van der Waals surface area contributed by atoms with Gasteiger partial charge in [0.1, 0.15) is 6.54 Å². The minimum absolute atomic E-state index is 0.00395. The lowest BCUT2D eigenvalue weighted by atomic mass is 10.1. The molecule has 0 aliphatic rings. The Morgan fingerprint density at radius 3 is 2.38 bits per heavy atom. The molecule has 1 amide bonds. The fourth-order valence-electron chi connectivity index (χ4n) is 2.77. The van der Waals surface area contributed by atoms with Gasteiger partial charge < -0.3 is 19.7 Å². The third kappa shape index (κ3) is 6.18. The number of carbonyl (C=O) groups excluding carboxylic acids is 1. The van der Waals surface area contributed by atoms with Crippen molar-refractivity contribution in [2.45, 2.75) is 31.3 Å². The maximum absolute atomic E-state index is 12.6. The number of hydrogen-bond acceptors (Lipinski definition) is 5. The number of rotatable bonds is 9. The Hall–Kier alpha value is -2.62. The summed E-state index contributed by atoms with van der Waals surface area (Å²) in [5, 5.41) is 7.88. The molecule has 2 rings (SSSR count). The van der Waals surface area contributed by atoms with Crippen LogP contribution in [0.5, 0.6) is 11.5 Å². The number of carbonyl (C=O) groups is 1. The van der Waals surface area contributed by atoms with Gasteiger partial charge in [-0.25, -0.2) is 13.6 Å². The number of primary sulfonamides is 1. The zero-order valence-corrected chi connectivity index (χ0v) is 17.9. The van der Waals surface area contributed by atoms with Crippen molar-refractivity contribution < 1.29 is 27.6 Å². The van der Waals surface area contributed by atoms with Gasteiger partial charge in [-0.05, 0) is 56.3 Å². The van der Waals surface area contributed by atoms with Crippen LogP contribution in [0, 0.1) is 0 Å². The van der Waals surface area contributed by atoms with Crippen LogP contribution in [0.15, 0.2) is 47.4 Å². The van der Waals surface area contributed by atoms with Gasteiger partial charge in [-0.15, -0.1) is 0 Å². The molecule has 0 bridgehead atoms. The van der Waals surface area contributed by atoms with E-state index in [4.69, 9.17) is 14.6 Å². The van der Waals surface area contributed by atoms with Crippen LogP contribution in [-0.4, -0.2) is 41.1 Å². The number of anilines is 1. The average Bonchev–Trinajstić information content (AvgIpc) is 2.68. The first-order chi connectivity index (χ1) is 13.7. The number of nitrogens with two attached hydrogens (primary N) is 1. The first-order valence-electron chi connectivity index (χ1n) is 9.21. The van der Waals surface area contributed by atoms with Crippen LogP contribution in [0.25, 0.3) is 0 Å². The Balaban J connectivity index is 2.02. The van der Waals surface area contributed by atoms with Gasteiger partial charge in [0.15, 0.2) is 17.5 Å². The normalized spacial score (nSPS) is 13.4. The highest BCUT2D eigenvalue weighted by molar-refractivity contribution is 7.89. The number of amides is 1. The van der Waals surface area contributed by atoms with E-state index >= 15 is 0 Å². The first kappa shape index (κ1) is 22.7. The number of benzene rings is 2. The zero-order chi connectivity index (χ0) is 21.6. The summed E-state index contributed by atoms with van der Waals surface area (Å²) in [5.41, 5.74) is 1.52. The summed E-state index contributed by atoms with van der Waals surface area (Å²) in [6.45, 7) is 4.90.